The number of aliphatic hydroxyl groups is 12. The van der Waals surface area contributed by atoms with Crippen molar-refractivity contribution in [3.8, 4) is 0 Å². The molecule has 1 radical (unpaired) electrons. The van der Waals surface area contributed by atoms with Gasteiger partial charge in [0.25, 0.3) is 0 Å². The topological polar surface area (TPSA) is 255 Å². The quantitative estimate of drug-likeness (QED) is 0.117. The van der Waals surface area contributed by atoms with E-state index in [0.717, 1.165) is 0 Å². The summed E-state index contributed by atoms with van der Waals surface area (Å²) in [6, 6.07) is 0. The largest absolute Gasteiger partial charge is 0.414 e. The zero-order valence-corrected chi connectivity index (χ0v) is 47.8. The summed E-state index contributed by atoms with van der Waals surface area (Å²) < 4.78 is 143. The number of aliphatic hydroxyl groups excluding tert-OH is 12. The van der Waals surface area contributed by atoms with Gasteiger partial charge in [0, 0.05) is 176 Å². The summed E-state index contributed by atoms with van der Waals surface area (Å²) in [5, 5.41) is 97.0. The zero-order valence-electron chi connectivity index (χ0n) is 40.4. The van der Waals surface area contributed by atoms with Gasteiger partial charge in [0.1, 0.15) is 11.2 Å². The number of rotatable bonds is 4. The zero-order chi connectivity index (χ0) is 53.5. The Kier molecular flexibility index (Phi) is 66.6. The maximum atomic E-state index is 11.5. The van der Waals surface area contributed by atoms with Gasteiger partial charge in [-0.15, -0.1) is 0 Å². The molecule has 0 aromatic rings. The van der Waals surface area contributed by atoms with Crippen molar-refractivity contribution >= 4 is 0 Å². The van der Waals surface area contributed by atoms with Gasteiger partial charge in [0.15, 0.2) is 24.4 Å². The SMILES string of the molecule is C1C23CC12O3.CC(C)O.CC(C)O.CC(C)O.CC(C)O.CC(C)O.CC(C)O.CC(C)O.CC(C)O.OC(CC(O)C(F)(F)F)C(F)(F)F.OC(CC(O)C(F)(F)F)C(F)(F)F.[Eu].[Zr].[Zr]. The predicted molar refractivity (Wildman–Crippen MR) is 212 cm³/mol. The molecule has 1 aliphatic heterocycles. The fraction of sp³-hybridized carbons (Fsp3) is 1.00. The second-order valence-electron chi connectivity index (χ2n) is 15.9. The Morgan fingerprint density at radius 2 is 0.379 bits per heavy atom. The first-order valence-electron chi connectivity index (χ1n) is 19.5. The van der Waals surface area contributed by atoms with Gasteiger partial charge >= 0.3 is 24.7 Å². The third-order valence-corrected chi connectivity index (χ3v) is 4.48. The molecule has 4 atom stereocenters. The van der Waals surface area contributed by atoms with Crippen molar-refractivity contribution in [3.05, 3.63) is 0 Å². The van der Waals surface area contributed by atoms with Gasteiger partial charge in [-0.3, -0.25) is 0 Å². The van der Waals surface area contributed by atoms with Crippen LogP contribution in [0.2, 0.25) is 0 Å². The normalized spacial score (nSPS) is 18.5. The number of hydrogen-bond donors (Lipinski definition) is 12. The fourth-order valence-corrected chi connectivity index (χ4v) is 2.07. The van der Waals surface area contributed by atoms with E-state index in [4.69, 9.17) is 66.0 Å². The molecule has 0 spiro atoms. The first-order valence-corrected chi connectivity index (χ1v) is 19.5. The van der Waals surface area contributed by atoms with Gasteiger partial charge in [0.2, 0.25) is 0 Å². The third-order valence-electron chi connectivity index (χ3n) is 4.48. The van der Waals surface area contributed by atoms with Crippen LogP contribution in [0.15, 0.2) is 0 Å². The van der Waals surface area contributed by atoms with E-state index in [1.807, 2.05) is 0 Å². The number of epoxide rings is 1. The van der Waals surface area contributed by atoms with E-state index in [2.05, 4.69) is 0 Å². The van der Waals surface area contributed by atoms with Crippen molar-refractivity contribution in [3.63, 3.8) is 0 Å². The Labute approximate surface area is 461 Å². The molecule has 3 aliphatic rings. The Balaban J connectivity index is -0.0000000583. The minimum absolute atomic E-state index is 0. The summed E-state index contributed by atoms with van der Waals surface area (Å²) in [6.07, 6.45) is -35.4. The molecule has 0 aromatic carbocycles. The van der Waals surface area contributed by atoms with Crippen LogP contribution in [-0.4, -0.2) is 170 Å². The monoisotopic (exact) mass is 1310 g/mol. The van der Waals surface area contributed by atoms with Crippen LogP contribution in [0.4, 0.5) is 52.7 Å². The molecule has 2 saturated carbocycles. The van der Waals surface area contributed by atoms with Gasteiger partial charge in [-0.05, 0) is 111 Å². The second kappa shape index (κ2) is 46.8. The van der Waals surface area contributed by atoms with E-state index in [-0.39, 0.29) is 151 Å². The standard InChI is InChI=1S/2C5H6F6O2.C4H4O.8C3H8O.Eu.2Zr/c2*6-4(7,8)2(12)1-3(13)5(9,10)11;1-3-2-4(1,3)5-3;8*1-3(2)4;;;/h2*2-3,12-13H,1H2;1-2H2;8*3-4H,1-2H3;;;. The van der Waals surface area contributed by atoms with Crippen LogP contribution in [0.1, 0.15) is 136 Å². The average Bonchev–Trinajstić information content (AvgIpc) is 3.84. The molecule has 13 nitrogen and oxygen atoms in total. The van der Waals surface area contributed by atoms with Crippen LogP contribution in [0, 0.1) is 49.4 Å². The van der Waals surface area contributed by atoms with Gasteiger partial charge in [-0.1, -0.05) is 0 Å². The van der Waals surface area contributed by atoms with Crippen molar-refractivity contribution in [1.29, 1.82) is 0 Å². The second-order valence-corrected chi connectivity index (χ2v) is 15.9. The van der Waals surface area contributed by atoms with E-state index in [0.29, 0.717) is 11.2 Å². The van der Waals surface area contributed by atoms with Crippen molar-refractivity contribution in [2.75, 3.05) is 0 Å². The summed E-state index contributed by atoms with van der Waals surface area (Å²) in [7, 11) is 0. The third kappa shape index (κ3) is 92.2. The summed E-state index contributed by atoms with van der Waals surface area (Å²) in [4.78, 5) is 0. The molecular weight excluding hydrogens is 1230 g/mol. The molecule has 3 fully saturated rings. The van der Waals surface area contributed by atoms with Gasteiger partial charge in [-0.25, -0.2) is 0 Å². The van der Waals surface area contributed by atoms with Crippen molar-refractivity contribution in [1.82, 2.24) is 0 Å². The van der Waals surface area contributed by atoms with Crippen molar-refractivity contribution < 1.29 is 220 Å². The van der Waals surface area contributed by atoms with Gasteiger partial charge in [0.05, 0.1) is 0 Å². The van der Waals surface area contributed by atoms with E-state index in [1.165, 1.54) is 12.8 Å². The maximum absolute atomic E-state index is 11.5. The van der Waals surface area contributed by atoms with Crippen LogP contribution in [-0.2, 0) is 57.1 Å². The minimum Gasteiger partial charge on any atom is -0.394 e. The number of ether oxygens (including phenoxy) is 1. The number of alkyl halides is 12. The van der Waals surface area contributed by atoms with Gasteiger partial charge in [-0.2, -0.15) is 52.7 Å². The predicted octanol–water partition coefficient (Wildman–Crippen LogP) is 5.84. The minimum atomic E-state index is -5.15. The number of halogens is 12. The summed E-state index contributed by atoms with van der Waals surface area (Å²) in [5.74, 6) is 0. The molecule has 3 rings (SSSR count). The molecule has 0 amide bonds. The molecule has 4 unspecified atom stereocenters. The van der Waals surface area contributed by atoms with Gasteiger partial charge < -0.3 is 66.0 Å². The summed E-state index contributed by atoms with van der Waals surface area (Å²) in [6.45, 7) is 27.6. The van der Waals surface area contributed by atoms with E-state index < -0.39 is 62.0 Å². The molecule has 0 aromatic heterocycles. The molecular formula is C38H80EuF12O13Zr2. The first-order chi connectivity index (χ1) is 27.3. The molecule has 66 heavy (non-hydrogen) atoms. The molecule has 1 saturated heterocycles. The van der Waals surface area contributed by atoms with Crippen LogP contribution in [0.5, 0.6) is 0 Å². The maximum Gasteiger partial charge on any atom is 0.414 e. The molecule has 409 valence electrons. The van der Waals surface area contributed by atoms with Crippen LogP contribution >= 0.6 is 0 Å². The molecule has 12 N–H and O–H groups in total. The molecule has 28 heteroatoms. The Bertz CT molecular complexity index is 814. The Hall–Kier alpha value is 1.99. The van der Waals surface area contributed by atoms with E-state index in [1.54, 1.807) is 111 Å². The average molecular weight is 1310 g/mol. The van der Waals surface area contributed by atoms with E-state index >= 15 is 0 Å². The van der Waals surface area contributed by atoms with Crippen LogP contribution in [0.3, 0.4) is 0 Å². The van der Waals surface area contributed by atoms with Crippen LogP contribution < -0.4 is 0 Å². The molecule has 0 bridgehead atoms. The van der Waals surface area contributed by atoms with E-state index in [9.17, 15) is 52.7 Å². The smallest absolute Gasteiger partial charge is 0.394 e. The van der Waals surface area contributed by atoms with Crippen molar-refractivity contribution in [2.45, 2.75) is 246 Å². The molecule has 2 aliphatic carbocycles. The molecule has 1 heterocycles. The number of hydrogen-bond acceptors (Lipinski definition) is 13. The Morgan fingerprint density at radius 3 is 0.409 bits per heavy atom. The van der Waals surface area contributed by atoms with Crippen molar-refractivity contribution in [2.24, 2.45) is 0 Å². The fourth-order valence-electron chi connectivity index (χ4n) is 2.07. The summed E-state index contributed by atoms with van der Waals surface area (Å²) >= 11 is 0. The van der Waals surface area contributed by atoms with Crippen LogP contribution in [0.25, 0.3) is 0 Å². The summed E-state index contributed by atoms with van der Waals surface area (Å²) in [5.41, 5.74) is 1.12. The Morgan fingerprint density at radius 1 is 0.318 bits per heavy atom. The first kappa shape index (κ1) is 93.9.